The number of fused-ring (bicyclic) bond motifs is 2. The molecule has 0 unspecified atom stereocenters. The van der Waals surface area contributed by atoms with Crippen LogP contribution in [0.1, 0.15) is 47.2 Å². The molecule has 5 rings (SSSR count). The van der Waals surface area contributed by atoms with Gasteiger partial charge in [-0.05, 0) is 42.9 Å². The third kappa shape index (κ3) is 2.94. The number of amides is 2. The summed E-state index contributed by atoms with van der Waals surface area (Å²) in [5.41, 5.74) is 2.10. The SMILES string of the molecule is N#CC1(c2ccc3c(c2)C2(CC2)CN(CC(=O)Nc2ncc(F)cn2)C3=O)CC1. The van der Waals surface area contributed by atoms with Crippen molar-refractivity contribution < 1.29 is 14.0 Å². The van der Waals surface area contributed by atoms with Crippen LogP contribution in [0.4, 0.5) is 10.3 Å². The monoisotopic (exact) mass is 391 g/mol. The average molecular weight is 391 g/mol. The Kier molecular flexibility index (Phi) is 3.72. The molecule has 0 radical (unpaired) electrons. The van der Waals surface area contributed by atoms with Crippen molar-refractivity contribution in [1.82, 2.24) is 14.9 Å². The Bertz CT molecular complexity index is 1070. The second-order valence-corrected chi connectivity index (χ2v) is 8.17. The number of aromatic nitrogens is 2. The summed E-state index contributed by atoms with van der Waals surface area (Å²) in [6, 6.07) is 8.13. The van der Waals surface area contributed by atoms with E-state index < -0.39 is 11.7 Å². The van der Waals surface area contributed by atoms with Gasteiger partial charge in [0.1, 0.15) is 6.54 Å². The van der Waals surface area contributed by atoms with Crippen molar-refractivity contribution in [3.63, 3.8) is 0 Å². The summed E-state index contributed by atoms with van der Waals surface area (Å²) in [7, 11) is 0. The number of hydrogen-bond acceptors (Lipinski definition) is 5. The van der Waals surface area contributed by atoms with Gasteiger partial charge in [0, 0.05) is 17.5 Å². The molecule has 1 aromatic carbocycles. The average Bonchev–Trinajstić information content (AvgIpc) is 3.64. The molecule has 2 amide bonds. The van der Waals surface area contributed by atoms with Crippen LogP contribution in [0.2, 0.25) is 0 Å². The van der Waals surface area contributed by atoms with Gasteiger partial charge in [-0.15, -0.1) is 0 Å². The molecule has 2 heterocycles. The van der Waals surface area contributed by atoms with E-state index in [1.54, 1.807) is 11.0 Å². The zero-order chi connectivity index (χ0) is 20.2. The van der Waals surface area contributed by atoms with Crippen molar-refractivity contribution >= 4 is 17.8 Å². The molecule has 3 aliphatic rings. The van der Waals surface area contributed by atoms with E-state index in [-0.39, 0.29) is 29.2 Å². The molecule has 0 saturated heterocycles. The van der Waals surface area contributed by atoms with Crippen molar-refractivity contribution in [3.05, 3.63) is 53.1 Å². The van der Waals surface area contributed by atoms with Gasteiger partial charge in [-0.1, -0.05) is 12.1 Å². The molecule has 2 fully saturated rings. The van der Waals surface area contributed by atoms with E-state index in [2.05, 4.69) is 21.4 Å². The summed E-state index contributed by atoms with van der Waals surface area (Å²) in [4.78, 5) is 34.3. The standard InChI is InChI=1S/C21H18FN5O2/c22-14-8-24-19(25-9-14)26-17(28)10-27-12-21(5-6-21)16-7-13(20(11-23)3-4-20)1-2-15(16)18(27)29/h1-2,7-9H,3-6,10,12H2,(H,24,25,26,28). The van der Waals surface area contributed by atoms with Crippen LogP contribution in [-0.2, 0) is 15.6 Å². The summed E-state index contributed by atoms with van der Waals surface area (Å²) < 4.78 is 12.9. The van der Waals surface area contributed by atoms with Gasteiger partial charge < -0.3 is 4.90 Å². The predicted octanol–water partition coefficient (Wildman–Crippen LogP) is 2.30. The van der Waals surface area contributed by atoms with Gasteiger partial charge in [0.25, 0.3) is 5.91 Å². The maximum Gasteiger partial charge on any atom is 0.254 e. The number of nitriles is 1. The Hall–Kier alpha value is -3.34. The Morgan fingerprint density at radius 1 is 1.24 bits per heavy atom. The van der Waals surface area contributed by atoms with Gasteiger partial charge in [-0.25, -0.2) is 14.4 Å². The van der Waals surface area contributed by atoms with E-state index in [9.17, 15) is 19.2 Å². The van der Waals surface area contributed by atoms with Crippen LogP contribution in [0.25, 0.3) is 0 Å². The molecule has 1 aromatic heterocycles. The molecule has 2 aliphatic carbocycles. The Morgan fingerprint density at radius 2 is 1.97 bits per heavy atom. The first-order chi connectivity index (χ1) is 13.9. The van der Waals surface area contributed by atoms with Gasteiger partial charge in [-0.2, -0.15) is 5.26 Å². The fourth-order valence-electron chi connectivity index (χ4n) is 4.17. The number of hydrogen-bond donors (Lipinski definition) is 1. The van der Waals surface area contributed by atoms with Crippen molar-refractivity contribution in [1.29, 1.82) is 5.26 Å². The summed E-state index contributed by atoms with van der Waals surface area (Å²) in [6.45, 7) is 0.351. The maximum atomic E-state index is 13.0. The zero-order valence-corrected chi connectivity index (χ0v) is 15.6. The molecule has 8 heteroatoms. The smallest absolute Gasteiger partial charge is 0.254 e. The van der Waals surface area contributed by atoms with E-state index in [4.69, 9.17) is 0 Å². The lowest BCUT2D eigenvalue weighted by Crippen LogP contribution is -2.47. The van der Waals surface area contributed by atoms with Crippen LogP contribution >= 0.6 is 0 Å². The third-order valence-electron chi connectivity index (χ3n) is 6.18. The van der Waals surface area contributed by atoms with Crippen LogP contribution in [0, 0.1) is 17.1 Å². The highest BCUT2D eigenvalue weighted by molar-refractivity contribution is 6.01. The minimum Gasteiger partial charge on any atom is -0.328 e. The Morgan fingerprint density at radius 3 is 2.59 bits per heavy atom. The quantitative estimate of drug-likeness (QED) is 0.862. The fourth-order valence-corrected chi connectivity index (χ4v) is 4.17. The molecule has 29 heavy (non-hydrogen) atoms. The van der Waals surface area contributed by atoms with Crippen LogP contribution in [0.3, 0.4) is 0 Å². The predicted molar refractivity (Wildman–Crippen MR) is 100 cm³/mol. The first kappa shape index (κ1) is 17.7. The summed E-state index contributed by atoms with van der Waals surface area (Å²) in [5, 5.41) is 12.0. The highest BCUT2D eigenvalue weighted by atomic mass is 19.1. The topological polar surface area (TPSA) is 99.0 Å². The van der Waals surface area contributed by atoms with Crippen LogP contribution < -0.4 is 5.32 Å². The number of carbonyl (C=O) groups is 2. The lowest BCUT2D eigenvalue weighted by Gasteiger charge is -2.34. The van der Waals surface area contributed by atoms with Crippen molar-refractivity contribution in [2.45, 2.75) is 36.5 Å². The molecule has 2 saturated carbocycles. The second kappa shape index (κ2) is 6.08. The third-order valence-corrected chi connectivity index (χ3v) is 6.18. The van der Waals surface area contributed by atoms with Crippen LogP contribution in [0.15, 0.2) is 30.6 Å². The highest BCUT2D eigenvalue weighted by Crippen LogP contribution is 2.55. The van der Waals surface area contributed by atoms with E-state index in [1.165, 1.54) is 0 Å². The van der Waals surface area contributed by atoms with E-state index in [0.29, 0.717) is 12.1 Å². The van der Waals surface area contributed by atoms with Crippen LogP contribution in [-0.4, -0.2) is 39.8 Å². The van der Waals surface area contributed by atoms with Crippen molar-refractivity contribution in [2.24, 2.45) is 0 Å². The highest BCUT2D eigenvalue weighted by Gasteiger charge is 2.53. The van der Waals surface area contributed by atoms with E-state index in [1.807, 2.05) is 12.1 Å². The number of anilines is 1. The molecule has 1 spiro atoms. The first-order valence-corrected chi connectivity index (χ1v) is 9.58. The number of nitrogens with zero attached hydrogens (tertiary/aromatic N) is 4. The van der Waals surface area contributed by atoms with Crippen molar-refractivity contribution in [3.8, 4) is 6.07 Å². The van der Waals surface area contributed by atoms with Gasteiger partial charge in [-0.3, -0.25) is 14.9 Å². The van der Waals surface area contributed by atoms with Crippen LogP contribution in [0.5, 0.6) is 0 Å². The number of rotatable bonds is 4. The largest absolute Gasteiger partial charge is 0.328 e. The fraction of sp³-hybridized carbons (Fsp3) is 0.381. The van der Waals surface area contributed by atoms with Gasteiger partial charge in [0.15, 0.2) is 5.82 Å². The number of benzene rings is 1. The summed E-state index contributed by atoms with van der Waals surface area (Å²) >= 11 is 0. The number of carbonyl (C=O) groups excluding carboxylic acids is 2. The molecule has 1 aliphatic heterocycles. The summed E-state index contributed by atoms with van der Waals surface area (Å²) in [6.07, 6.45) is 5.57. The Balaban J connectivity index is 1.37. The minimum absolute atomic E-state index is 0.00160. The van der Waals surface area contributed by atoms with Gasteiger partial charge in [0.2, 0.25) is 11.9 Å². The molecule has 146 valence electrons. The van der Waals surface area contributed by atoms with Crippen molar-refractivity contribution in [2.75, 3.05) is 18.4 Å². The Labute approximate surface area is 166 Å². The normalized spacial score (nSPS) is 20.0. The molecule has 7 nitrogen and oxygen atoms in total. The molecule has 0 bridgehead atoms. The maximum absolute atomic E-state index is 13.0. The number of halogens is 1. The number of nitrogens with one attached hydrogen (secondary N) is 1. The van der Waals surface area contributed by atoms with Gasteiger partial charge in [0.05, 0.1) is 23.9 Å². The van der Waals surface area contributed by atoms with E-state index >= 15 is 0 Å². The minimum atomic E-state index is -0.592. The summed E-state index contributed by atoms with van der Waals surface area (Å²) in [5.74, 6) is -1.22. The lowest BCUT2D eigenvalue weighted by molar-refractivity contribution is -0.117. The van der Waals surface area contributed by atoms with Gasteiger partial charge >= 0.3 is 0 Å². The molecule has 0 atom stereocenters. The first-order valence-electron chi connectivity index (χ1n) is 9.58. The zero-order valence-electron chi connectivity index (χ0n) is 15.6. The second-order valence-electron chi connectivity index (χ2n) is 8.17. The molecule has 2 aromatic rings. The van der Waals surface area contributed by atoms with E-state index in [0.717, 1.165) is 49.2 Å². The molecular formula is C21H18FN5O2. The lowest BCUT2D eigenvalue weighted by atomic mass is 9.83. The molecule has 1 N–H and O–H groups in total. The molecular weight excluding hydrogens is 373 g/mol.